The number of nitrogens with one attached hydrogen (secondary N) is 2. The molecule has 0 radical (unpaired) electrons. The zero-order valence-corrected chi connectivity index (χ0v) is 8.23. The maximum atomic E-state index is 11.4. The number of rotatable bonds is 0. The van der Waals surface area contributed by atoms with Crippen molar-refractivity contribution >= 4 is 5.91 Å². The van der Waals surface area contributed by atoms with Gasteiger partial charge in [-0.1, -0.05) is 6.92 Å². The van der Waals surface area contributed by atoms with E-state index in [-0.39, 0.29) is 5.91 Å². The van der Waals surface area contributed by atoms with Gasteiger partial charge in [-0.25, -0.2) is 0 Å². The lowest BCUT2D eigenvalue weighted by atomic mass is 9.66. The number of amides is 1. The second-order valence-electron chi connectivity index (χ2n) is 4.49. The first-order valence-electron chi connectivity index (χ1n) is 5.20. The minimum absolute atomic E-state index is 0.250. The smallest absolute Gasteiger partial charge is 0.220 e. The zero-order chi connectivity index (χ0) is 9.31. The molecule has 3 nitrogen and oxygen atoms in total. The quantitative estimate of drug-likeness (QED) is 0.573. The van der Waals surface area contributed by atoms with Gasteiger partial charge in [0.2, 0.25) is 5.91 Å². The average Bonchev–Trinajstić information content (AvgIpc) is 2.14. The Labute approximate surface area is 79.3 Å². The van der Waals surface area contributed by atoms with Crippen molar-refractivity contribution in [3.05, 3.63) is 0 Å². The Kier molecular flexibility index (Phi) is 2.28. The highest BCUT2D eigenvalue weighted by Gasteiger charge is 2.41. The van der Waals surface area contributed by atoms with Gasteiger partial charge >= 0.3 is 0 Å². The standard InChI is InChI=1S/C10H18N2O/c1-8-7-12-9(13)6-10(8)2-4-11-5-3-10/h8,11H,2-7H2,1H3,(H,12,13)/t8-/m1/s1. The lowest BCUT2D eigenvalue weighted by Gasteiger charge is -2.45. The molecule has 0 bridgehead atoms. The largest absolute Gasteiger partial charge is 0.356 e. The second-order valence-corrected chi connectivity index (χ2v) is 4.49. The number of piperidine rings is 2. The summed E-state index contributed by atoms with van der Waals surface area (Å²) in [7, 11) is 0. The molecule has 0 aliphatic carbocycles. The maximum absolute atomic E-state index is 11.4. The van der Waals surface area contributed by atoms with E-state index in [9.17, 15) is 4.79 Å². The maximum Gasteiger partial charge on any atom is 0.220 e. The summed E-state index contributed by atoms with van der Waals surface area (Å²) in [6.07, 6.45) is 3.08. The Hall–Kier alpha value is -0.570. The van der Waals surface area contributed by atoms with E-state index in [1.165, 1.54) is 12.8 Å². The first-order chi connectivity index (χ1) is 6.23. The van der Waals surface area contributed by atoms with E-state index in [0.717, 1.165) is 26.1 Å². The van der Waals surface area contributed by atoms with Gasteiger partial charge in [-0.3, -0.25) is 4.79 Å². The number of carbonyl (C=O) groups is 1. The molecule has 0 aromatic carbocycles. The van der Waals surface area contributed by atoms with Gasteiger partial charge in [0.1, 0.15) is 0 Å². The molecule has 0 saturated carbocycles. The van der Waals surface area contributed by atoms with Crippen molar-refractivity contribution in [2.45, 2.75) is 26.2 Å². The molecular formula is C10H18N2O. The lowest BCUT2D eigenvalue weighted by molar-refractivity contribution is -0.128. The molecule has 2 N–H and O–H groups in total. The summed E-state index contributed by atoms with van der Waals surface area (Å²) in [5.41, 5.74) is 0.313. The van der Waals surface area contributed by atoms with Crippen molar-refractivity contribution in [2.75, 3.05) is 19.6 Å². The Bertz CT molecular complexity index is 209. The summed E-state index contributed by atoms with van der Waals surface area (Å²) in [6.45, 7) is 5.30. The molecule has 0 unspecified atom stereocenters. The van der Waals surface area contributed by atoms with E-state index in [1.54, 1.807) is 0 Å². The van der Waals surface area contributed by atoms with Crippen LogP contribution in [0.25, 0.3) is 0 Å². The number of hydrogen-bond acceptors (Lipinski definition) is 2. The van der Waals surface area contributed by atoms with E-state index >= 15 is 0 Å². The van der Waals surface area contributed by atoms with Crippen molar-refractivity contribution in [3.8, 4) is 0 Å². The van der Waals surface area contributed by atoms with Gasteiger partial charge in [0, 0.05) is 13.0 Å². The van der Waals surface area contributed by atoms with Crippen LogP contribution in [0.5, 0.6) is 0 Å². The SMILES string of the molecule is C[C@@H]1CNC(=O)CC12CCNCC2. The van der Waals surface area contributed by atoms with Gasteiger partial charge in [-0.15, -0.1) is 0 Å². The van der Waals surface area contributed by atoms with Crippen LogP contribution in [0, 0.1) is 11.3 Å². The fourth-order valence-corrected chi connectivity index (χ4v) is 2.63. The summed E-state index contributed by atoms with van der Waals surface area (Å²) in [6, 6.07) is 0. The van der Waals surface area contributed by atoms with E-state index < -0.39 is 0 Å². The normalized spacial score (nSPS) is 33.0. The summed E-state index contributed by atoms with van der Waals surface area (Å²) < 4.78 is 0. The first-order valence-corrected chi connectivity index (χ1v) is 5.20. The number of carbonyl (C=O) groups excluding carboxylic acids is 1. The third-order valence-electron chi connectivity index (χ3n) is 3.76. The summed E-state index contributed by atoms with van der Waals surface area (Å²) in [4.78, 5) is 11.4. The molecule has 13 heavy (non-hydrogen) atoms. The highest BCUT2D eigenvalue weighted by atomic mass is 16.1. The molecular weight excluding hydrogens is 164 g/mol. The molecule has 2 rings (SSSR count). The van der Waals surface area contributed by atoms with E-state index in [0.29, 0.717) is 11.3 Å². The van der Waals surface area contributed by atoms with Crippen LogP contribution in [-0.4, -0.2) is 25.5 Å². The molecule has 1 spiro atoms. The highest BCUT2D eigenvalue weighted by Crippen LogP contribution is 2.41. The number of hydrogen-bond donors (Lipinski definition) is 2. The van der Waals surface area contributed by atoms with Crippen molar-refractivity contribution in [2.24, 2.45) is 11.3 Å². The summed E-state index contributed by atoms with van der Waals surface area (Å²) in [5, 5.41) is 6.30. The Morgan fingerprint density at radius 1 is 1.38 bits per heavy atom. The molecule has 3 heteroatoms. The molecule has 2 saturated heterocycles. The van der Waals surface area contributed by atoms with E-state index in [2.05, 4.69) is 17.6 Å². The first kappa shape index (κ1) is 9.00. The predicted molar refractivity (Wildman–Crippen MR) is 51.3 cm³/mol. The summed E-state index contributed by atoms with van der Waals surface area (Å²) in [5.74, 6) is 0.896. The fourth-order valence-electron chi connectivity index (χ4n) is 2.63. The van der Waals surface area contributed by atoms with E-state index in [4.69, 9.17) is 0 Å². The molecule has 74 valence electrons. The zero-order valence-electron chi connectivity index (χ0n) is 8.23. The van der Waals surface area contributed by atoms with Crippen LogP contribution in [0.3, 0.4) is 0 Å². The Morgan fingerprint density at radius 2 is 2.08 bits per heavy atom. The molecule has 0 aromatic rings. The monoisotopic (exact) mass is 182 g/mol. The highest BCUT2D eigenvalue weighted by molar-refractivity contribution is 5.77. The minimum Gasteiger partial charge on any atom is -0.356 e. The molecule has 1 atom stereocenters. The van der Waals surface area contributed by atoms with Crippen LogP contribution in [0.4, 0.5) is 0 Å². The molecule has 2 heterocycles. The topological polar surface area (TPSA) is 41.1 Å². The predicted octanol–water partition coefficient (Wildman–Crippen LogP) is 0.512. The van der Waals surface area contributed by atoms with Gasteiger partial charge in [0.25, 0.3) is 0 Å². The van der Waals surface area contributed by atoms with Gasteiger partial charge in [-0.2, -0.15) is 0 Å². The molecule has 2 fully saturated rings. The average molecular weight is 182 g/mol. The van der Waals surface area contributed by atoms with Gasteiger partial charge in [0.15, 0.2) is 0 Å². The summed E-state index contributed by atoms with van der Waals surface area (Å²) >= 11 is 0. The van der Waals surface area contributed by atoms with Crippen molar-refractivity contribution in [1.82, 2.24) is 10.6 Å². The van der Waals surface area contributed by atoms with Crippen LogP contribution in [-0.2, 0) is 4.79 Å². The molecule has 1 amide bonds. The van der Waals surface area contributed by atoms with Gasteiger partial charge in [-0.05, 0) is 37.3 Å². The molecule has 2 aliphatic heterocycles. The Balaban J connectivity index is 2.11. The van der Waals surface area contributed by atoms with Crippen molar-refractivity contribution in [3.63, 3.8) is 0 Å². The van der Waals surface area contributed by atoms with Gasteiger partial charge in [0.05, 0.1) is 0 Å². The third kappa shape index (κ3) is 1.57. The Morgan fingerprint density at radius 3 is 2.77 bits per heavy atom. The second kappa shape index (κ2) is 3.29. The van der Waals surface area contributed by atoms with Crippen molar-refractivity contribution < 1.29 is 4.79 Å². The lowest BCUT2D eigenvalue weighted by Crippen LogP contribution is -2.51. The minimum atomic E-state index is 0.250. The molecule has 0 aromatic heterocycles. The molecule has 2 aliphatic rings. The van der Waals surface area contributed by atoms with Crippen LogP contribution in [0.1, 0.15) is 26.2 Å². The third-order valence-corrected chi connectivity index (χ3v) is 3.76. The van der Waals surface area contributed by atoms with Crippen LogP contribution >= 0.6 is 0 Å². The van der Waals surface area contributed by atoms with Crippen LogP contribution in [0.15, 0.2) is 0 Å². The van der Waals surface area contributed by atoms with Crippen LogP contribution < -0.4 is 10.6 Å². The fraction of sp³-hybridized carbons (Fsp3) is 0.900. The van der Waals surface area contributed by atoms with Gasteiger partial charge < -0.3 is 10.6 Å². The van der Waals surface area contributed by atoms with Crippen molar-refractivity contribution in [1.29, 1.82) is 0 Å². The van der Waals surface area contributed by atoms with E-state index in [1.807, 2.05) is 0 Å². The van der Waals surface area contributed by atoms with Crippen LogP contribution in [0.2, 0.25) is 0 Å².